The topological polar surface area (TPSA) is 86.1 Å². The lowest BCUT2D eigenvalue weighted by molar-refractivity contribution is 0.415. The van der Waals surface area contributed by atoms with Crippen LogP contribution in [0.15, 0.2) is 53.7 Å². The average Bonchev–Trinajstić information content (AvgIpc) is 3.34. The molecule has 0 unspecified atom stereocenters. The summed E-state index contributed by atoms with van der Waals surface area (Å²) in [4.78, 5) is 4.71. The smallest absolute Gasteiger partial charge is 0.265 e. The third-order valence-corrected chi connectivity index (χ3v) is 6.99. The maximum Gasteiger partial charge on any atom is 0.265 e. The van der Waals surface area contributed by atoms with Crippen molar-refractivity contribution in [1.82, 2.24) is 14.8 Å². The molecular formula is C19H17ClN4O3S2. The Morgan fingerprint density at radius 2 is 2.07 bits per heavy atom. The summed E-state index contributed by atoms with van der Waals surface area (Å²) >= 11 is 7.93. The second kappa shape index (κ2) is 7.66. The number of methoxy groups -OCH3 is 1. The summed E-state index contributed by atoms with van der Waals surface area (Å²) in [5.74, 6) is 0.759. The van der Waals surface area contributed by atoms with Crippen LogP contribution < -0.4 is 9.46 Å². The number of fused-ring (bicyclic) bond motifs is 1. The highest BCUT2D eigenvalue weighted by atomic mass is 35.5. The molecule has 0 atom stereocenters. The maximum absolute atomic E-state index is 12.5. The fourth-order valence-electron chi connectivity index (χ4n) is 2.77. The molecule has 10 heteroatoms. The summed E-state index contributed by atoms with van der Waals surface area (Å²) in [6.07, 6.45) is 2.80. The molecule has 0 spiro atoms. The predicted octanol–water partition coefficient (Wildman–Crippen LogP) is 4.64. The van der Waals surface area contributed by atoms with E-state index in [1.54, 1.807) is 30.0 Å². The molecule has 150 valence electrons. The number of aryl methyl sites for hydroxylation is 1. The second-order valence-electron chi connectivity index (χ2n) is 6.18. The number of nitrogens with zero attached hydrogens (tertiary/aromatic N) is 3. The molecular weight excluding hydrogens is 432 g/mol. The Labute approximate surface area is 177 Å². The lowest BCUT2D eigenvalue weighted by Crippen LogP contribution is -2.12. The number of ether oxygens (including phenoxy) is 1. The van der Waals surface area contributed by atoms with E-state index in [1.165, 1.54) is 23.7 Å². The largest absolute Gasteiger partial charge is 0.497 e. The third-order valence-electron chi connectivity index (χ3n) is 4.29. The number of thiazole rings is 1. The van der Waals surface area contributed by atoms with Crippen LogP contribution in [-0.2, 0) is 16.6 Å². The minimum absolute atomic E-state index is 0.0969. The first kappa shape index (κ1) is 19.7. The van der Waals surface area contributed by atoms with E-state index in [-0.39, 0.29) is 4.90 Å². The van der Waals surface area contributed by atoms with Gasteiger partial charge in [-0.15, -0.1) is 11.3 Å². The number of hydrogen-bond donors (Lipinski definition) is 1. The van der Waals surface area contributed by atoms with Gasteiger partial charge in [-0.25, -0.2) is 13.4 Å². The van der Waals surface area contributed by atoms with Crippen molar-refractivity contribution in [2.75, 3.05) is 11.8 Å². The molecule has 7 nitrogen and oxygen atoms in total. The molecule has 0 aliphatic carbocycles. The van der Waals surface area contributed by atoms with Crippen LogP contribution in [0.25, 0.3) is 20.8 Å². The molecule has 2 aromatic carbocycles. The highest BCUT2D eigenvalue weighted by molar-refractivity contribution is 7.92. The normalized spacial score (nSPS) is 11.7. The predicted molar refractivity (Wildman–Crippen MR) is 115 cm³/mol. The van der Waals surface area contributed by atoms with Gasteiger partial charge in [0.2, 0.25) is 0 Å². The summed E-state index contributed by atoms with van der Waals surface area (Å²) in [6, 6.07) is 10.7. The van der Waals surface area contributed by atoms with E-state index in [0.717, 1.165) is 26.5 Å². The molecule has 0 radical (unpaired) electrons. The second-order valence-corrected chi connectivity index (χ2v) is 9.30. The number of aromatic nitrogens is 3. The van der Waals surface area contributed by atoms with Crippen molar-refractivity contribution in [3.63, 3.8) is 0 Å². The van der Waals surface area contributed by atoms with E-state index < -0.39 is 10.0 Å². The molecule has 0 aliphatic rings. The zero-order valence-electron chi connectivity index (χ0n) is 15.6. The molecule has 2 heterocycles. The lowest BCUT2D eigenvalue weighted by atomic mass is 10.2. The number of nitrogens with one attached hydrogen (secondary N) is 1. The van der Waals surface area contributed by atoms with E-state index in [1.807, 2.05) is 25.1 Å². The van der Waals surface area contributed by atoms with Crippen LogP contribution in [0.3, 0.4) is 0 Å². The Morgan fingerprint density at radius 3 is 2.76 bits per heavy atom. The number of benzene rings is 2. The Balaban J connectivity index is 1.62. The first-order valence-electron chi connectivity index (χ1n) is 8.69. The van der Waals surface area contributed by atoms with Crippen molar-refractivity contribution in [2.45, 2.75) is 18.4 Å². The highest BCUT2D eigenvalue weighted by Gasteiger charge is 2.18. The van der Waals surface area contributed by atoms with E-state index in [0.29, 0.717) is 17.3 Å². The summed E-state index contributed by atoms with van der Waals surface area (Å²) in [5, 5.41) is 5.15. The van der Waals surface area contributed by atoms with Gasteiger partial charge >= 0.3 is 0 Å². The molecule has 4 aromatic rings. The number of hydrogen-bond acceptors (Lipinski definition) is 6. The van der Waals surface area contributed by atoms with Crippen molar-refractivity contribution >= 4 is 48.9 Å². The van der Waals surface area contributed by atoms with Gasteiger partial charge in [0.15, 0.2) is 0 Å². The van der Waals surface area contributed by atoms with Gasteiger partial charge < -0.3 is 4.74 Å². The zero-order valence-corrected chi connectivity index (χ0v) is 18.0. The van der Waals surface area contributed by atoms with Gasteiger partial charge in [0.1, 0.15) is 15.7 Å². The van der Waals surface area contributed by atoms with Crippen molar-refractivity contribution in [1.29, 1.82) is 0 Å². The van der Waals surface area contributed by atoms with Crippen molar-refractivity contribution in [2.24, 2.45) is 0 Å². The van der Waals surface area contributed by atoms with Crippen LogP contribution in [-0.4, -0.2) is 30.3 Å². The van der Waals surface area contributed by atoms with E-state index >= 15 is 0 Å². The zero-order chi connectivity index (χ0) is 20.6. The Kier molecular flexibility index (Phi) is 5.20. The number of halogens is 1. The van der Waals surface area contributed by atoms with Crippen LogP contribution in [0, 0.1) is 0 Å². The highest BCUT2D eigenvalue weighted by Crippen LogP contribution is 2.37. The summed E-state index contributed by atoms with van der Waals surface area (Å²) in [5.41, 5.74) is 1.94. The summed E-state index contributed by atoms with van der Waals surface area (Å²) in [6.45, 7) is 2.47. The Bertz CT molecular complexity index is 1300. The third kappa shape index (κ3) is 3.93. The van der Waals surface area contributed by atoms with Gasteiger partial charge in [-0.1, -0.05) is 11.6 Å². The van der Waals surface area contributed by atoms with E-state index in [4.69, 9.17) is 16.3 Å². The molecule has 1 N–H and O–H groups in total. The van der Waals surface area contributed by atoms with Gasteiger partial charge in [-0.3, -0.25) is 9.40 Å². The standard InChI is InChI=1S/C19H17ClN4O3S2/c1-3-24-11-14(10-21-24)29(25,26)23-12-4-6-15(16(20)8-12)19-22-17-7-5-13(27-2)9-18(17)28-19/h4-11,23H,3H2,1-2H3. The number of sulfonamides is 1. The fraction of sp³-hybridized carbons (Fsp3) is 0.158. The molecule has 0 amide bonds. The first-order valence-corrected chi connectivity index (χ1v) is 11.4. The van der Waals surface area contributed by atoms with Crippen LogP contribution in [0.2, 0.25) is 5.02 Å². The van der Waals surface area contributed by atoms with E-state index in [9.17, 15) is 8.42 Å². The van der Waals surface area contributed by atoms with Gasteiger partial charge in [-0.2, -0.15) is 5.10 Å². The van der Waals surface area contributed by atoms with Gasteiger partial charge in [0, 0.05) is 18.3 Å². The molecule has 0 saturated heterocycles. The number of anilines is 1. The van der Waals surface area contributed by atoms with Crippen LogP contribution in [0.5, 0.6) is 5.75 Å². The molecule has 2 aromatic heterocycles. The molecule has 0 fully saturated rings. The summed E-state index contributed by atoms with van der Waals surface area (Å²) < 4.78 is 35.4. The summed E-state index contributed by atoms with van der Waals surface area (Å²) in [7, 11) is -2.13. The lowest BCUT2D eigenvalue weighted by Gasteiger charge is -2.08. The molecule has 0 aliphatic heterocycles. The minimum Gasteiger partial charge on any atom is -0.497 e. The molecule has 29 heavy (non-hydrogen) atoms. The molecule has 0 saturated carbocycles. The van der Waals surface area contributed by atoms with Crippen molar-refractivity contribution < 1.29 is 13.2 Å². The first-order chi connectivity index (χ1) is 13.9. The van der Waals surface area contributed by atoms with Crippen molar-refractivity contribution in [3.05, 3.63) is 53.8 Å². The fourth-order valence-corrected chi connectivity index (χ4v) is 5.13. The van der Waals surface area contributed by atoms with E-state index in [2.05, 4.69) is 14.8 Å². The van der Waals surface area contributed by atoms with Crippen LogP contribution in [0.4, 0.5) is 5.69 Å². The quantitative estimate of drug-likeness (QED) is 0.464. The maximum atomic E-state index is 12.5. The van der Waals surface area contributed by atoms with Gasteiger partial charge in [0.25, 0.3) is 10.0 Å². The van der Waals surface area contributed by atoms with Gasteiger partial charge in [-0.05, 0) is 43.3 Å². The van der Waals surface area contributed by atoms with Crippen molar-refractivity contribution in [3.8, 4) is 16.3 Å². The SMILES string of the molecule is CCn1cc(S(=O)(=O)Nc2ccc(-c3nc4ccc(OC)cc4s3)c(Cl)c2)cn1. The monoisotopic (exact) mass is 448 g/mol. The van der Waals surface area contributed by atoms with Gasteiger partial charge in [0.05, 0.1) is 34.2 Å². The molecule has 0 bridgehead atoms. The molecule has 4 rings (SSSR count). The Hall–Kier alpha value is -2.62. The number of rotatable bonds is 6. The Morgan fingerprint density at radius 1 is 1.24 bits per heavy atom. The van der Waals surface area contributed by atoms with Crippen LogP contribution in [0.1, 0.15) is 6.92 Å². The average molecular weight is 449 g/mol. The van der Waals surface area contributed by atoms with Crippen LogP contribution >= 0.6 is 22.9 Å². The minimum atomic E-state index is -3.74.